The highest BCUT2D eigenvalue weighted by Gasteiger charge is 2.49. The number of hydrogen-bond acceptors (Lipinski definition) is 6. The molecule has 5 rings (SSSR count). The summed E-state index contributed by atoms with van der Waals surface area (Å²) in [6.45, 7) is 0.741. The molecule has 31 heavy (non-hydrogen) atoms. The first-order chi connectivity index (χ1) is 14.8. The number of piperidine rings is 1. The van der Waals surface area contributed by atoms with Crippen molar-refractivity contribution in [2.75, 3.05) is 18.4 Å². The Hall–Kier alpha value is -3.28. The predicted molar refractivity (Wildman–Crippen MR) is 101 cm³/mol. The van der Waals surface area contributed by atoms with Crippen molar-refractivity contribution in [3.8, 4) is 11.3 Å². The first kappa shape index (κ1) is 19.7. The minimum atomic E-state index is -4.86. The van der Waals surface area contributed by atoms with Crippen LogP contribution in [0.1, 0.15) is 24.1 Å². The zero-order valence-corrected chi connectivity index (χ0v) is 15.9. The van der Waals surface area contributed by atoms with E-state index >= 15 is 0 Å². The van der Waals surface area contributed by atoms with Crippen LogP contribution in [0.5, 0.6) is 0 Å². The highest BCUT2D eigenvalue weighted by atomic mass is 19.4. The van der Waals surface area contributed by atoms with Gasteiger partial charge in [-0.05, 0) is 25.1 Å². The van der Waals surface area contributed by atoms with Crippen LogP contribution in [0.15, 0.2) is 30.7 Å². The van der Waals surface area contributed by atoms with E-state index in [9.17, 15) is 22.4 Å². The van der Waals surface area contributed by atoms with E-state index in [0.717, 1.165) is 0 Å². The first-order valence-corrected chi connectivity index (χ1v) is 9.55. The highest BCUT2D eigenvalue weighted by molar-refractivity contribution is 5.96. The number of alkyl halides is 4. The van der Waals surface area contributed by atoms with Gasteiger partial charge in [-0.25, -0.2) is 14.2 Å². The van der Waals surface area contributed by atoms with Crippen LogP contribution in [0.2, 0.25) is 0 Å². The maximum atomic E-state index is 14.6. The van der Waals surface area contributed by atoms with Crippen molar-refractivity contribution >= 4 is 22.8 Å². The third-order valence-electron chi connectivity index (χ3n) is 5.45. The van der Waals surface area contributed by atoms with Crippen LogP contribution in [0.3, 0.4) is 0 Å². The molecule has 0 saturated carbocycles. The standard InChI is InChI=1S/C19H16F4N6O2/c20-11-7-24-5-3-12(11)29-13-8-25-4-1-9(13)15(28-29)10-2-6-26-17-14(10)16(19(21,22)23)31-18(30)27-17/h1-2,4,6,8,11-12,16,24H,3,5,7H2,(H,26,27,30)/t11-,12+,16-/m1/s1. The highest BCUT2D eigenvalue weighted by Crippen LogP contribution is 2.46. The third-order valence-corrected chi connectivity index (χ3v) is 5.45. The molecule has 1 fully saturated rings. The number of fused-ring (bicyclic) bond motifs is 2. The lowest BCUT2D eigenvalue weighted by atomic mass is 9.98. The van der Waals surface area contributed by atoms with Gasteiger partial charge in [0.05, 0.1) is 23.3 Å². The number of rotatable bonds is 2. The fourth-order valence-corrected chi connectivity index (χ4v) is 4.09. The zero-order valence-electron chi connectivity index (χ0n) is 15.9. The molecule has 1 amide bonds. The van der Waals surface area contributed by atoms with Crippen LogP contribution < -0.4 is 10.6 Å². The number of nitrogens with zero attached hydrogens (tertiary/aromatic N) is 4. The number of nitrogens with one attached hydrogen (secondary N) is 2. The van der Waals surface area contributed by atoms with Crippen molar-refractivity contribution in [3.63, 3.8) is 0 Å². The number of amides is 1. The Kier molecular flexibility index (Phi) is 4.54. The summed E-state index contributed by atoms with van der Waals surface area (Å²) in [4.78, 5) is 19.6. The molecule has 0 aromatic carbocycles. The van der Waals surface area contributed by atoms with E-state index in [4.69, 9.17) is 0 Å². The molecule has 12 heteroatoms. The first-order valence-electron chi connectivity index (χ1n) is 9.55. The van der Waals surface area contributed by atoms with Gasteiger partial charge in [0.25, 0.3) is 0 Å². The number of ether oxygens (including phenoxy) is 1. The van der Waals surface area contributed by atoms with Gasteiger partial charge in [0.2, 0.25) is 6.10 Å². The summed E-state index contributed by atoms with van der Waals surface area (Å²) in [6.07, 6.45) is -5.09. The molecule has 3 atom stereocenters. The summed E-state index contributed by atoms with van der Waals surface area (Å²) in [6, 6.07) is 2.40. The van der Waals surface area contributed by atoms with E-state index in [1.807, 2.05) is 0 Å². The lowest BCUT2D eigenvalue weighted by molar-refractivity contribution is -0.206. The number of carbonyl (C=O) groups excluding carboxylic acids is 1. The molecule has 0 radical (unpaired) electrons. The maximum absolute atomic E-state index is 14.6. The average Bonchev–Trinajstić information content (AvgIpc) is 3.11. The van der Waals surface area contributed by atoms with Crippen molar-refractivity contribution < 1.29 is 27.1 Å². The third kappa shape index (κ3) is 3.26. The van der Waals surface area contributed by atoms with Gasteiger partial charge in [-0.3, -0.25) is 15.0 Å². The van der Waals surface area contributed by atoms with Crippen molar-refractivity contribution in [1.82, 2.24) is 25.1 Å². The van der Waals surface area contributed by atoms with Crippen LogP contribution in [0, 0.1) is 0 Å². The monoisotopic (exact) mass is 436 g/mol. The molecule has 162 valence electrons. The number of pyridine rings is 2. The normalized spacial score (nSPS) is 23.9. The van der Waals surface area contributed by atoms with E-state index in [1.54, 1.807) is 6.07 Å². The molecule has 0 bridgehead atoms. The average molecular weight is 436 g/mol. The largest absolute Gasteiger partial charge is 0.431 e. The van der Waals surface area contributed by atoms with Crippen LogP contribution in [-0.4, -0.2) is 51.3 Å². The Morgan fingerprint density at radius 2 is 2.06 bits per heavy atom. The second kappa shape index (κ2) is 7.15. The molecule has 0 aliphatic carbocycles. The summed E-state index contributed by atoms with van der Waals surface area (Å²) in [5.41, 5.74) is 0.449. The molecule has 3 aromatic heterocycles. The number of cyclic esters (lactones) is 1. The van der Waals surface area contributed by atoms with Crippen LogP contribution in [0.4, 0.5) is 28.2 Å². The van der Waals surface area contributed by atoms with Gasteiger partial charge in [-0.1, -0.05) is 0 Å². The Morgan fingerprint density at radius 1 is 1.23 bits per heavy atom. The van der Waals surface area contributed by atoms with E-state index in [0.29, 0.717) is 23.9 Å². The number of anilines is 1. The fourth-order valence-electron chi connectivity index (χ4n) is 4.09. The molecule has 5 heterocycles. The van der Waals surface area contributed by atoms with Gasteiger partial charge in [0.1, 0.15) is 17.7 Å². The minimum Gasteiger partial charge on any atom is -0.431 e. The Bertz CT molecular complexity index is 1160. The maximum Gasteiger partial charge on any atom is 0.430 e. The summed E-state index contributed by atoms with van der Waals surface area (Å²) < 4.78 is 61.9. The molecular weight excluding hydrogens is 420 g/mol. The molecule has 0 spiro atoms. The smallest absolute Gasteiger partial charge is 0.430 e. The minimum absolute atomic E-state index is 0.0895. The quantitative estimate of drug-likeness (QED) is 0.597. The molecule has 2 aliphatic heterocycles. The van der Waals surface area contributed by atoms with E-state index in [1.165, 1.54) is 29.3 Å². The van der Waals surface area contributed by atoms with Crippen molar-refractivity contribution in [2.45, 2.75) is 30.9 Å². The van der Waals surface area contributed by atoms with Crippen molar-refractivity contribution in [2.24, 2.45) is 0 Å². The molecular formula is C19H16F4N6O2. The van der Waals surface area contributed by atoms with Crippen LogP contribution >= 0.6 is 0 Å². The number of carbonyl (C=O) groups is 1. The SMILES string of the molecule is O=C1Nc2nccc(-c3nn([C@H]4CCNC[C@H]4F)c4cnccc34)c2[C@H](C(F)(F)F)O1. The van der Waals surface area contributed by atoms with E-state index in [2.05, 4.69) is 30.4 Å². The second-order valence-corrected chi connectivity index (χ2v) is 7.33. The van der Waals surface area contributed by atoms with Gasteiger partial charge in [0, 0.05) is 29.9 Å². The van der Waals surface area contributed by atoms with Crippen LogP contribution in [-0.2, 0) is 4.74 Å². The van der Waals surface area contributed by atoms with Gasteiger partial charge in [-0.2, -0.15) is 18.3 Å². The summed E-state index contributed by atoms with van der Waals surface area (Å²) in [5, 5.41) is 10.2. The molecule has 3 aromatic rings. The lowest BCUT2D eigenvalue weighted by Gasteiger charge is -2.28. The number of aromatic nitrogens is 4. The Morgan fingerprint density at radius 3 is 2.84 bits per heavy atom. The Balaban J connectivity index is 1.73. The second-order valence-electron chi connectivity index (χ2n) is 7.33. The van der Waals surface area contributed by atoms with Gasteiger partial charge in [0.15, 0.2) is 0 Å². The van der Waals surface area contributed by atoms with Crippen molar-refractivity contribution in [1.29, 1.82) is 0 Å². The topological polar surface area (TPSA) is 94.0 Å². The molecule has 8 nitrogen and oxygen atoms in total. The fraction of sp³-hybridized carbons (Fsp3) is 0.368. The van der Waals surface area contributed by atoms with Gasteiger partial charge >= 0.3 is 12.3 Å². The summed E-state index contributed by atoms with van der Waals surface area (Å²) >= 11 is 0. The lowest BCUT2D eigenvalue weighted by Crippen LogP contribution is -2.39. The zero-order chi connectivity index (χ0) is 21.8. The van der Waals surface area contributed by atoms with Crippen molar-refractivity contribution in [3.05, 3.63) is 36.3 Å². The summed E-state index contributed by atoms with van der Waals surface area (Å²) in [7, 11) is 0. The van der Waals surface area contributed by atoms with E-state index in [-0.39, 0.29) is 29.2 Å². The summed E-state index contributed by atoms with van der Waals surface area (Å²) in [5.74, 6) is -0.252. The molecule has 1 saturated heterocycles. The van der Waals surface area contributed by atoms with Gasteiger partial charge in [-0.15, -0.1) is 0 Å². The Labute approximate surface area is 172 Å². The van der Waals surface area contributed by atoms with Gasteiger partial charge < -0.3 is 10.1 Å². The predicted octanol–water partition coefficient (Wildman–Crippen LogP) is 3.53. The molecule has 0 unspecified atom stereocenters. The molecule has 2 aliphatic rings. The van der Waals surface area contributed by atoms with Crippen LogP contribution in [0.25, 0.3) is 22.2 Å². The number of halogens is 4. The van der Waals surface area contributed by atoms with E-state index < -0.39 is 30.6 Å². The number of hydrogen-bond donors (Lipinski definition) is 2. The molecule has 2 N–H and O–H groups in total.